The van der Waals surface area contributed by atoms with E-state index in [1.54, 1.807) is 0 Å². The van der Waals surface area contributed by atoms with Crippen molar-refractivity contribution >= 4 is 5.91 Å². The smallest absolute Gasteiger partial charge is 0.252 e. The van der Waals surface area contributed by atoms with Gasteiger partial charge in [0.05, 0.1) is 5.56 Å². The average Bonchev–Trinajstić information content (AvgIpc) is 2.26. The summed E-state index contributed by atoms with van der Waals surface area (Å²) in [5.74, 6) is 0.149. The van der Waals surface area contributed by atoms with E-state index in [0.29, 0.717) is 23.9 Å². The topological polar surface area (TPSA) is 42.0 Å². The van der Waals surface area contributed by atoms with Gasteiger partial charge in [-0.05, 0) is 24.0 Å². The third kappa shape index (κ3) is 3.61. The van der Waals surface area contributed by atoms with Crippen LogP contribution in [-0.4, -0.2) is 17.4 Å². The number of halogens is 1. The van der Waals surface area contributed by atoms with Gasteiger partial charge in [0.2, 0.25) is 5.95 Å². The number of carbonyl (C=O) groups excluding carboxylic acids is 1. The number of aromatic nitrogens is 1. The van der Waals surface area contributed by atoms with Gasteiger partial charge < -0.3 is 5.32 Å². The van der Waals surface area contributed by atoms with Gasteiger partial charge >= 0.3 is 0 Å². The molecule has 1 amide bonds. The molecule has 1 unspecified atom stereocenters. The Bertz CT molecular complexity index is 349. The van der Waals surface area contributed by atoms with Gasteiger partial charge in [0.25, 0.3) is 5.91 Å². The summed E-state index contributed by atoms with van der Waals surface area (Å²) in [7, 11) is 0. The van der Waals surface area contributed by atoms with Crippen LogP contribution in [0.1, 0.15) is 31.1 Å². The first-order chi connectivity index (χ1) is 7.50. The van der Waals surface area contributed by atoms with Crippen LogP contribution in [0.3, 0.4) is 0 Å². The molecule has 0 saturated carbocycles. The lowest BCUT2D eigenvalue weighted by molar-refractivity contribution is 0.0944. The first-order valence-corrected chi connectivity index (χ1v) is 5.40. The highest BCUT2D eigenvalue weighted by molar-refractivity contribution is 5.93. The summed E-state index contributed by atoms with van der Waals surface area (Å²) in [6, 6.07) is 2.61. The van der Waals surface area contributed by atoms with Crippen LogP contribution in [0.25, 0.3) is 0 Å². The number of carbonyl (C=O) groups is 1. The predicted octanol–water partition coefficient (Wildman–Crippen LogP) is 2.24. The van der Waals surface area contributed by atoms with E-state index in [4.69, 9.17) is 0 Å². The fraction of sp³-hybridized carbons (Fsp3) is 0.500. The Morgan fingerprint density at radius 2 is 2.12 bits per heavy atom. The minimum atomic E-state index is -0.577. The van der Waals surface area contributed by atoms with Crippen molar-refractivity contribution in [2.45, 2.75) is 20.8 Å². The van der Waals surface area contributed by atoms with Crippen molar-refractivity contribution < 1.29 is 9.18 Å². The van der Waals surface area contributed by atoms with Gasteiger partial charge in [0.15, 0.2) is 0 Å². The highest BCUT2D eigenvalue weighted by atomic mass is 19.1. The zero-order valence-electron chi connectivity index (χ0n) is 9.83. The van der Waals surface area contributed by atoms with E-state index in [1.165, 1.54) is 18.3 Å². The van der Waals surface area contributed by atoms with Crippen molar-refractivity contribution in [2.75, 3.05) is 6.54 Å². The number of nitrogens with zero attached hydrogens (tertiary/aromatic N) is 1. The summed E-state index contributed by atoms with van der Waals surface area (Å²) >= 11 is 0. The minimum Gasteiger partial charge on any atom is -0.352 e. The number of amides is 1. The Labute approximate surface area is 95.1 Å². The number of pyridine rings is 1. The molecule has 1 N–H and O–H groups in total. The molecule has 0 aliphatic rings. The largest absolute Gasteiger partial charge is 0.352 e. The molecule has 3 nitrogen and oxygen atoms in total. The summed E-state index contributed by atoms with van der Waals surface area (Å²) in [4.78, 5) is 15.0. The van der Waals surface area contributed by atoms with E-state index >= 15 is 0 Å². The molecule has 1 rings (SSSR count). The summed E-state index contributed by atoms with van der Waals surface area (Å²) < 4.78 is 12.5. The molecule has 0 fully saturated rings. The van der Waals surface area contributed by atoms with Crippen LogP contribution in [0.4, 0.5) is 4.39 Å². The molecule has 0 saturated heterocycles. The molecule has 0 aromatic carbocycles. The van der Waals surface area contributed by atoms with Crippen molar-refractivity contribution in [1.82, 2.24) is 10.3 Å². The van der Waals surface area contributed by atoms with Crippen molar-refractivity contribution in [3.05, 3.63) is 29.8 Å². The van der Waals surface area contributed by atoms with Gasteiger partial charge in [-0.1, -0.05) is 20.8 Å². The van der Waals surface area contributed by atoms with Crippen LogP contribution < -0.4 is 5.32 Å². The van der Waals surface area contributed by atoms with E-state index in [1.807, 2.05) is 0 Å². The summed E-state index contributed by atoms with van der Waals surface area (Å²) in [5, 5.41) is 2.80. The Kier molecular flexibility index (Phi) is 4.40. The Hall–Kier alpha value is -1.45. The Morgan fingerprint density at radius 3 is 2.62 bits per heavy atom. The average molecular weight is 224 g/mol. The van der Waals surface area contributed by atoms with Crippen LogP contribution in [0.5, 0.6) is 0 Å². The monoisotopic (exact) mass is 224 g/mol. The summed E-state index contributed by atoms with van der Waals surface area (Å²) in [6.45, 7) is 6.91. The molecule has 1 aromatic heterocycles. The molecule has 1 heterocycles. The second kappa shape index (κ2) is 5.58. The minimum absolute atomic E-state index is 0.208. The molecule has 0 bridgehead atoms. The van der Waals surface area contributed by atoms with Crippen LogP contribution in [0.2, 0.25) is 0 Å². The number of rotatable bonds is 4. The lowest BCUT2D eigenvalue weighted by Gasteiger charge is -2.15. The summed E-state index contributed by atoms with van der Waals surface area (Å²) in [6.07, 6.45) is 1.24. The molecular formula is C12H17FN2O. The molecule has 1 aromatic rings. The van der Waals surface area contributed by atoms with E-state index in [2.05, 4.69) is 31.1 Å². The second-order valence-corrected chi connectivity index (χ2v) is 4.30. The van der Waals surface area contributed by atoms with E-state index in [9.17, 15) is 9.18 Å². The van der Waals surface area contributed by atoms with Crippen molar-refractivity contribution in [2.24, 2.45) is 11.8 Å². The third-order valence-corrected chi connectivity index (χ3v) is 2.71. The molecule has 0 aliphatic carbocycles. The fourth-order valence-corrected chi connectivity index (χ4v) is 1.10. The molecule has 88 valence electrons. The predicted molar refractivity (Wildman–Crippen MR) is 60.5 cm³/mol. The van der Waals surface area contributed by atoms with E-state index in [-0.39, 0.29) is 5.91 Å². The maximum Gasteiger partial charge on any atom is 0.252 e. The van der Waals surface area contributed by atoms with Gasteiger partial charge in [-0.2, -0.15) is 4.39 Å². The number of hydrogen-bond donors (Lipinski definition) is 1. The van der Waals surface area contributed by atoms with Crippen LogP contribution in [0.15, 0.2) is 18.3 Å². The van der Waals surface area contributed by atoms with Crippen molar-refractivity contribution in [1.29, 1.82) is 0 Å². The zero-order valence-corrected chi connectivity index (χ0v) is 9.83. The first-order valence-electron chi connectivity index (χ1n) is 5.40. The van der Waals surface area contributed by atoms with Gasteiger partial charge in [-0.15, -0.1) is 0 Å². The molecule has 0 spiro atoms. The molecule has 0 radical (unpaired) electrons. The zero-order chi connectivity index (χ0) is 12.1. The Balaban J connectivity index is 2.50. The standard InChI is InChI=1S/C12H17FN2O/c1-8(2)9(3)6-15-12(16)10-4-5-11(13)14-7-10/h4-5,7-9H,6H2,1-3H3,(H,15,16). The number of nitrogens with one attached hydrogen (secondary N) is 1. The van der Waals surface area contributed by atoms with Crippen LogP contribution >= 0.6 is 0 Å². The first kappa shape index (κ1) is 12.6. The van der Waals surface area contributed by atoms with Crippen molar-refractivity contribution in [3.63, 3.8) is 0 Å². The molecule has 4 heteroatoms. The molecule has 0 aliphatic heterocycles. The van der Waals surface area contributed by atoms with Gasteiger partial charge in [0, 0.05) is 12.7 Å². The van der Waals surface area contributed by atoms with Crippen LogP contribution in [-0.2, 0) is 0 Å². The highest BCUT2D eigenvalue weighted by Crippen LogP contribution is 2.08. The quantitative estimate of drug-likeness (QED) is 0.797. The molecular weight excluding hydrogens is 207 g/mol. The maximum atomic E-state index is 12.5. The molecule has 16 heavy (non-hydrogen) atoms. The maximum absolute atomic E-state index is 12.5. The second-order valence-electron chi connectivity index (χ2n) is 4.30. The van der Waals surface area contributed by atoms with E-state index in [0.717, 1.165) is 0 Å². The lowest BCUT2D eigenvalue weighted by atomic mass is 9.98. The lowest BCUT2D eigenvalue weighted by Crippen LogP contribution is -2.30. The highest BCUT2D eigenvalue weighted by Gasteiger charge is 2.10. The fourth-order valence-electron chi connectivity index (χ4n) is 1.10. The van der Waals surface area contributed by atoms with E-state index < -0.39 is 5.95 Å². The van der Waals surface area contributed by atoms with Crippen LogP contribution in [0, 0.1) is 17.8 Å². The SMILES string of the molecule is CC(C)C(C)CNC(=O)c1ccc(F)nc1. The molecule has 1 atom stereocenters. The number of hydrogen-bond acceptors (Lipinski definition) is 2. The van der Waals surface area contributed by atoms with Gasteiger partial charge in [-0.25, -0.2) is 4.98 Å². The van der Waals surface area contributed by atoms with Gasteiger partial charge in [-0.3, -0.25) is 4.79 Å². The van der Waals surface area contributed by atoms with Crippen molar-refractivity contribution in [3.8, 4) is 0 Å². The normalized spacial score (nSPS) is 12.6. The van der Waals surface area contributed by atoms with Gasteiger partial charge in [0.1, 0.15) is 0 Å². The Morgan fingerprint density at radius 1 is 1.44 bits per heavy atom. The summed E-state index contributed by atoms with van der Waals surface area (Å²) in [5.41, 5.74) is 0.386. The third-order valence-electron chi connectivity index (χ3n) is 2.71.